The number of amides is 2. The van der Waals surface area contributed by atoms with Crippen LogP contribution in [0.2, 0.25) is 0 Å². The molecule has 136 valence electrons. The number of rotatable bonds is 3. The van der Waals surface area contributed by atoms with Crippen molar-refractivity contribution in [2.24, 2.45) is 11.8 Å². The minimum Gasteiger partial charge on any atom is -0.342 e. The van der Waals surface area contributed by atoms with E-state index < -0.39 is 0 Å². The van der Waals surface area contributed by atoms with E-state index in [1.54, 1.807) is 0 Å². The average Bonchev–Trinajstić information content (AvgIpc) is 2.65. The number of anilines is 1. The molecule has 2 fully saturated rings. The first-order valence-electron chi connectivity index (χ1n) is 9.72. The van der Waals surface area contributed by atoms with Crippen LogP contribution in [0.15, 0.2) is 18.2 Å². The van der Waals surface area contributed by atoms with Crippen LogP contribution in [0, 0.1) is 25.7 Å². The van der Waals surface area contributed by atoms with Gasteiger partial charge in [0.1, 0.15) is 0 Å². The first-order chi connectivity index (χ1) is 12.1. The third-order valence-electron chi connectivity index (χ3n) is 5.86. The Morgan fingerprint density at radius 2 is 1.52 bits per heavy atom. The SMILES string of the molecule is Cc1cccc(C)c1NC(=O)C1CCN(C(=O)C2CCCCC2)CC1. The van der Waals surface area contributed by atoms with Crippen LogP contribution in [0.25, 0.3) is 0 Å². The number of hydrogen-bond donors (Lipinski definition) is 1. The summed E-state index contributed by atoms with van der Waals surface area (Å²) in [6.45, 7) is 5.49. The highest BCUT2D eigenvalue weighted by Gasteiger charge is 2.31. The third kappa shape index (κ3) is 4.23. The van der Waals surface area contributed by atoms with E-state index in [2.05, 4.69) is 5.32 Å². The second-order valence-electron chi connectivity index (χ2n) is 7.69. The number of benzene rings is 1. The smallest absolute Gasteiger partial charge is 0.227 e. The maximum absolute atomic E-state index is 12.6. The standard InChI is InChI=1S/C21H30N2O2/c1-15-7-6-8-16(2)19(15)22-20(24)17-11-13-23(14-12-17)21(25)18-9-4-3-5-10-18/h6-8,17-18H,3-5,9-14H2,1-2H3,(H,22,24). The van der Waals surface area contributed by atoms with Gasteiger partial charge in [0.2, 0.25) is 11.8 Å². The summed E-state index contributed by atoms with van der Waals surface area (Å²) in [5.41, 5.74) is 3.13. The van der Waals surface area contributed by atoms with E-state index in [4.69, 9.17) is 0 Å². The molecule has 2 amide bonds. The second kappa shape index (κ2) is 8.03. The summed E-state index contributed by atoms with van der Waals surface area (Å²) in [6, 6.07) is 6.05. The summed E-state index contributed by atoms with van der Waals surface area (Å²) in [5, 5.41) is 3.11. The van der Waals surface area contributed by atoms with E-state index in [0.717, 1.165) is 55.6 Å². The van der Waals surface area contributed by atoms with Gasteiger partial charge in [-0.1, -0.05) is 37.5 Å². The fourth-order valence-electron chi connectivity index (χ4n) is 4.21. The number of likely N-dealkylation sites (tertiary alicyclic amines) is 1. The molecule has 1 aromatic rings. The van der Waals surface area contributed by atoms with E-state index in [-0.39, 0.29) is 17.7 Å². The molecular formula is C21H30N2O2. The molecular weight excluding hydrogens is 312 g/mol. The van der Waals surface area contributed by atoms with Crippen LogP contribution < -0.4 is 5.32 Å². The molecule has 1 saturated heterocycles. The first kappa shape index (κ1) is 18.0. The summed E-state index contributed by atoms with van der Waals surface area (Å²) >= 11 is 0. The summed E-state index contributed by atoms with van der Waals surface area (Å²) < 4.78 is 0. The van der Waals surface area contributed by atoms with Gasteiger partial charge in [0, 0.05) is 30.6 Å². The van der Waals surface area contributed by atoms with Crippen LogP contribution in [0.5, 0.6) is 0 Å². The van der Waals surface area contributed by atoms with Gasteiger partial charge in [-0.15, -0.1) is 0 Å². The van der Waals surface area contributed by atoms with Gasteiger partial charge in [0.15, 0.2) is 0 Å². The number of aryl methyl sites for hydroxylation is 2. The van der Waals surface area contributed by atoms with Crippen molar-refractivity contribution in [1.82, 2.24) is 4.90 Å². The Hall–Kier alpha value is -1.84. The molecule has 0 bridgehead atoms. The van der Waals surface area contributed by atoms with Gasteiger partial charge in [-0.3, -0.25) is 9.59 Å². The lowest BCUT2D eigenvalue weighted by Crippen LogP contribution is -2.44. The van der Waals surface area contributed by atoms with Crippen molar-refractivity contribution in [3.05, 3.63) is 29.3 Å². The normalized spacial score (nSPS) is 19.7. The number of nitrogens with one attached hydrogen (secondary N) is 1. The zero-order valence-electron chi connectivity index (χ0n) is 15.5. The monoisotopic (exact) mass is 342 g/mol. The lowest BCUT2D eigenvalue weighted by molar-refractivity contribution is -0.139. The molecule has 4 heteroatoms. The van der Waals surface area contributed by atoms with Crippen molar-refractivity contribution in [2.45, 2.75) is 58.8 Å². The highest BCUT2D eigenvalue weighted by atomic mass is 16.2. The number of para-hydroxylation sites is 1. The molecule has 1 aliphatic heterocycles. The maximum Gasteiger partial charge on any atom is 0.227 e. The number of hydrogen-bond acceptors (Lipinski definition) is 2. The number of carbonyl (C=O) groups is 2. The zero-order chi connectivity index (χ0) is 17.8. The fourth-order valence-corrected chi connectivity index (χ4v) is 4.21. The van der Waals surface area contributed by atoms with Crippen LogP contribution in [0.1, 0.15) is 56.1 Å². The van der Waals surface area contributed by atoms with Crippen molar-refractivity contribution < 1.29 is 9.59 Å². The molecule has 1 aliphatic carbocycles. The van der Waals surface area contributed by atoms with E-state index in [1.165, 1.54) is 19.3 Å². The molecule has 1 heterocycles. The Labute approximate surface area is 151 Å². The van der Waals surface area contributed by atoms with Gasteiger partial charge in [-0.2, -0.15) is 0 Å². The lowest BCUT2D eigenvalue weighted by atomic mass is 9.87. The van der Waals surface area contributed by atoms with Crippen molar-refractivity contribution in [2.75, 3.05) is 18.4 Å². The predicted octanol–water partition coefficient (Wildman–Crippen LogP) is 4.06. The Balaban J connectivity index is 1.53. The first-order valence-corrected chi connectivity index (χ1v) is 9.72. The van der Waals surface area contributed by atoms with Crippen LogP contribution in [0.3, 0.4) is 0 Å². The van der Waals surface area contributed by atoms with Crippen LogP contribution >= 0.6 is 0 Å². The number of nitrogens with zero attached hydrogens (tertiary/aromatic N) is 1. The zero-order valence-corrected chi connectivity index (χ0v) is 15.5. The quantitative estimate of drug-likeness (QED) is 0.900. The van der Waals surface area contributed by atoms with Crippen LogP contribution in [-0.4, -0.2) is 29.8 Å². The summed E-state index contributed by atoms with van der Waals surface area (Å²) in [6.07, 6.45) is 7.28. The molecule has 1 N–H and O–H groups in total. The Bertz CT molecular complexity index is 607. The van der Waals surface area contributed by atoms with Crippen molar-refractivity contribution >= 4 is 17.5 Å². The molecule has 0 radical (unpaired) electrons. The topological polar surface area (TPSA) is 49.4 Å². The second-order valence-corrected chi connectivity index (χ2v) is 7.69. The van der Waals surface area contributed by atoms with Gasteiger partial charge < -0.3 is 10.2 Å². The summed E-state index contributed by atoms with van der Waals surface area (Å²) in [4.78, 5) is 27.3. The Morgan fingerprint density at radius 3 is 2.12 bits per heavy atom. The van der Waals surface area contributed by atoms with E-state index in [0.29, 0.717) is 5.91 Å². The Morgan fingerprint density at radius 1 is 0.920 bits per heavy atom. The van der Waals surface area contributed by atoms with Crippen molar-refractivity contribution in [3.63, 3.8) is 0 Å². The molecule has 1 aromatic carbocycles. The number of carbonyl (C=O) groups excluding carboxylic acids is 2. The van der Waals surface area contributed by atoms with Crippen LogP contribution in [-0.2, 0) is 9.59 Å². The molecule has 25 heavy (non-hydrogen) atoms. The predicted molar refractivity (Wildman–Crippen MR) is 100 cm³/mol. The van der Waals surface area contributed by atoms with Crippen molar-refractivity contribution in [3.8, 4) is 0 Å². The van der Waals surface area contributed by atoms with E-state index in [1.807, 2.05) is 36.9 Å². The average molecular weight is 342 g/mol. The molecule has 0 unspecified atom stereocenters. The number of piperidine rings is 1. The minimum atomic E-state index is 0.00871. The third-order valence-corrected chi connectivity index (χ3v) is 5.86. The summed E-state index contributed by atoms with van der Waals surface area (Å²) in [7, 11) is 0. The van der Waals surface area contributed by atoms with Crippen molar-refractivity contribution in [1.29, 1.82) is 0 Å². The van der Waals surface area contributed by atoms with Gasteiger partial charge in [0.25, 0.3) is 0 Å². The molecule has 0 spiro atoms. The van der Waals surface area contributed by atoms with Gasteiger partial charge in [-0.05, 0) is 50.7 Å². The van der Waals surface area contributed by atoms with Gasteiger partial charge in [0.05, 0.1) is 0 Å². The lowest BCUT2D eigenvalue weighted by Gasteiger charge is -2.34. The fraction of sp³-hybridized carbons (Fsp3) is 0.619. The van der Waals surface area contributed by atoms with E-state index >= 15 is 0 Å². The molecule has 4 nitrogen and oxygen atoms in total. The highest BCUT2D eigenvalue weighted by molar-refractivity contribution is 5.94. The molecule has 3 rings (SSSR count). The summed E-state index contributed by atoms with van der Waals surface area (Å²) in [5.74, 6) is 0.665. The largest absolute Gasteiger partial charge is 0.342 e. The van der Waals surface area contributed by atoms with E-state index in [9.17, 15) is 9.59 Å². The van der Waals surface area contributed by atoms with Gasteiger partial charge in [-0.25, -0.2) is 0 Å². The van der Waals surface area contributed by atoms with Crippen LogP contribution in [0.4, 0.5) is 5.69 Å². The minimum absolute atomic E-state index is 0.00871. The molecule has 1 saturated carbocycles. The Kier molecular flexibility index (Phi) is 5.77. The maximum atomic E-state index is 12.6. The van der Waals surface area contributed by atoms with Gasteiger partial charge >= 0.3 is 0 Å². The molecule has 0 aromatic heterocycles. The molecule has 2 aliphatic rings. The molecule has 0 atom stereocenters. The highest BCUT2D eigenvalue weighted by Crippen LogP contribution is 2.28.